The zero-order valence-electron chi connectivity index (χ0n) is 14.7. The number of ether oxygens (including phenoxy) is 1. The van der Waals surface area contributed by atoms with Gasteiger partial charge in [-0.2, -0.15) is 5.26 Å². The minimum Gasteiger partial charge on any atom is -0.485 e. The summed E-state index contributed by atoms with van der Waals surface area (Å²) in [6.45, 7) is 3.40. The van der Waals surface area contributed by atoms with Crippen molar-refractivity contribution in [2.75, 3.05) is 0 Å². The molecule has 2 aromatic rings. The van der Waals surface area contributed by atoms with Crippen LogP contribution in [0.4, 0.5) is 5.69 Å². The van der Waals surface area contributed by atoms with E-state index in [1.807, 2.05) is 6.19 Å². The van der Waals surface area contributed by atoms with Crippen LogP contribution in [0.15, 0.2) is 47.7 Å². The lowest BCUT2D eigenvalue weighted by Crippen LogP contribution is -2.48. The number of hydrogen-bond acceptors (Lipinski definition) is 7. The molecule has 2 N–H and O–H groups in total. The van der Waals surface area contributed by atoms with Crippen LogP contribution in [0.2, 0.25) is 0 Å². The van der Waals surface area contributed by atoms with Crippen molar-refractivity contribution in [3.8, 4) is 11.9 Å². The molecule has 1 aliphatic heterocycles. The Kier molecular flexibility index (Phi) is 4.75. The van der Waals surface area contributed by atoms with Crippen molar-refractivity contribution in [2.24, 2.45) is 4.99 Å². The highest BCUT2D eigenvalue weighted by Gasteiger charge is 2.43. The van der Waals surface area contributed by atoms with Gasteiger partial charge in [-0.05, 0) is 32.0 Å². The number of benzene rings is 1. The Hall–Kier alpha value is -3.51. The van der Waals surface area contributed by atoms with Crippen molar-refractivity contribution in [1.29, 1.82) is 5.26 Å². The standard InChI is InChI=1S/C18H17N5O4/c1-18(2)16(24)15(13-8-12(23(25)26)5-6-14(13)27-18)22-17(21-10-19)11-4-3-7-20-9-11/h3-9,15-16,24H,1-2H3,(H,21,22). The van der Waals surface area contributed by atoms with E-state index in [2.05, 4.69) is 15.3 Å². The third kappa shape index (κ3) is 3.56. The molecule has 0 fully saturated rings. The number of amidine groups is 1. The normalized spacial score (nSPS) is 20.7. The van der Waals surface area contributed by atoms with Crippen molar-refractivity contribution in [3.63, 3.8) is 0 Å². The fourth-order valence-electron chi connectivity index (χ4n) is 2.88. The van der Waals surface area contributed by atoms with Crippen LogP contribution < -0.4 is 10.1 Å². The molecule has 9 nitrogen and oxygen atoms in total. The number of hydrogen-bond donors (Lipinski definition) is 2. The van der Waals surface area contributed by atoms with E-state index in [1.54, 1.807) is 32.2 Å². The number of nitro benzene ring substituents is 1. The van der Waals surface area contributed by atoms with Gasteiger partial charge < -0.3 is 9.84 Å². The van der Waals surface area contributed by atoms with Gasteiger partial charge in [0.15, 0.2) is 6.19 Å². The molecule has 1 aliphatic rings. The first-order chi connectivity index (χ1) is 12.8. The van der Waals surface area contributed by atoms with Crippen molar-refractivity contribution in [3.05, 3.63) is 64.0 Å². The number of pyridine rings is 1. The number of aromatic nitrogens is 1. The fourth-order valence-corrected chi connectivity index (χ4v) is 2.88. The molecular weight excluding hydrogens is 350 g/mol. The highest BCUT2D eigenvalue weighted by Crippen LogP contribution is 2.43. The smallest absolute Gasteiger partial charge is 0.270 e. The monoisotopic (exact) mass is 367 g/mol. The second kappa shape index (κ2) is 7.01. The zero-order valence-corrected chi connectivity index (χ0v) is 14.7. The molecule has 0 saturated heterocycles. The molecule has 2 heterocycles. The summed E-state index contributed by atoms with van der Waals surface area (Å²) in [5.41, 5.74) is -0.204. The van der Waals surface area contributed by atoms with Gasteiger partial charge in [0.25, 0.3) is 5.69 Å². The molecule has 138 valence electrons. The van der Waals surface area contributed by atoms with Gasteiger partial charge in [-0.25, -0.2) is 0 Å². The van der Waals surface area contributed by atoms with E-state index in [0.717, 1.165) is 0 Å². The summed E-state index contributed by atoms with van der Waals surface area (Å²) >= 11 is 0. The number of nitrogens with one attached hydrogen (secondary N) is 1. The first-order valence-corrected chi connectivity index (χ1v) is 8.12. The number of rotatable bonds is 3. The third-order valence-electron chi connectivity index (χ3n) is 4.28. The van der Waals surface area contributed by atoms with Crippen molar-refractivity contribution in [2.45, 2.75) is 31.6 Å². The third-order valence-corrected chi connectivity index (χ3v) is 4.28. The molecule has 2 atom stereocenters. The predicted octanol–water partition coefficient (Wildman–Crippen LogP) is 2.08. The highest BCUT2D eigenvalue weighted by atomic mass is 16.6. The van der Waals surface area contributed by atoms with Gasteiger partial charge in [0.2, 0.25) is 0 Å². The number of nitriles is 1. The van der Waals surface area contributed by atoms with Crippen LogP contribution >= 0.6 is 0 Å². The molecule has 0 spiro atoms. The Bertz CT molecular complexity index is 937. The van der Waals surface area contributed by atoms with E-state index in [9.17, 15) is 15.2 Å². The van der Waals surface area contributed by atoms with E-state index >= 15 is 0 Å². The number of nitro groups is 1. The van der Waals surface area contributed by atoms with E-state index in [-0.39, 0.29) is 11.5 Å². The van der Waals surface area contributed by atoms with E-state index in [1.165, 1.54) is 24.4 Å². The topological polar surface area (TPSA) is 134 Å². The zero-order chi connectivity index (χ0) is 19.6. The average molecular weight is 367 g/mol. The molecule has 0 aliphatic carbocycles. The summed E-state index contributed by atoms with van der Waals surface area (Å²) in [6.07, 6.45) is 3.82. The number of non-ortho nitro benzene ring substituents is 1. The number of aliphatic hydroxyl groups excluding tert-OH is 1. The maximum absolute atomic E-state index is 11.2. The quantitative estimate of drug-likeness (QED) is 0.212. The SMILES string of the molecule is CC1(C)Oc2ccc([N+](=O)[O-])cc2C(N=C(NC#N)c2cccnc2)C1O. The molecule has 1 aromatic heterocycles. The number of aliphatic imine (C=N–C) groups is 1. The molecule has 1 aromatic carbocycles. The minimum atomic E-state index is -1.10. The maximum Gasteiger partial charge on any atom is 0.270 e. The molecule has 0 saturated carbocycles. The number of fused-ring (bicyclic) bond motifs is 1. The van der Waals surface area contributed by atoms with Crippen molar-refractivity contribution >= 4 is 11.5 Å². The molecule has 3 rings (SSSR count). The van der Waals surface area contributed by atoms with Crippen LogP contribution in [0, 0.1) is 21.6 Å². The molecule has 0 amide bonds. The lowest BCUT2D eigenvalue weighted by molar-refractivity contribution is -0.385. The van der Waals surface area contributed by atoms with Gasteiger partial charge in [0, 0.05) is 35.7 Å². The van der Waals surface area contributed by atoms with Crippen LogP contribution in [0.1, 0.15) is 31.0 Å². The molecular formula is C18H17N5O4. The van der Waals surface area contributed by atoms with Crippen LogP contribution in [0.25, 0.3) is 0 Å². The Balaban J connectivity index is 2.16. The van der Waals surface area contributed by atoms with Gasteiger partial charge in [-0.3, -0.25) is 25.4 Å². The molecule has 0 radical (unpaired) electrons. The van der Waals surface area contributed by atoms with E-state index < -0.39 is 22.7 Å². The Morgan fingerprint density at radius 2 is 2.26 bits per heavy atom. The van der Waals surface area contributed by atoms with Gasteiger partial charge >= 0.3 is 0 Å². The summed E-state index contributed by atoms with van der Waals surface area (Å²) in [5.74, 6) is 0.594. The number of aliphatic hydroxyl groups is 1. The van der Waals surface area contributed by atoms with E-state index in [4.69, 9.17) is 10.00 Å². The van der Waals surface area contributed by atoms with Gasteiger partial charge in [-0.1, -0.05) is 0 Å². The largest absolute Gasteiger partial charge is 0.485 e. The second-order valence-electron chi connectivity index (χ2n) is 6.53. The van der Waals surface area contributed by atoms with E-state index in [0.29, 0.717) is 16.9 Å². The first kappa shape index (κ1) is 18.3. The summed E-state index contributed by atoms with van der Waals surface area (Å²) in [6, 6.07) is 6.68. The second-order valence-corrected chi connectivity index (χ2v) is 6.53. The van der Waals surface area contributed by atoms with Crippen molar-refractivity contribution in [1.82, 2.24) is 10.3 Å². The summed E-state index contributed by atoms with van der Waals surface area (Å²) in [7, 11) is 0. The Morgan fingerprint density at radius 3 is 2.89 bits per heavy atom. The summed E-state index contributed by atoms with van der Waals surface area (Å²) in [5, 5.41) is 33.5. The minimum absolute atomic E-state index is 0.138. The van der Waals surface area contributed by atoms with Crippen molar-refractivity contribution < 1.29 is 14.8 Å². The molecule has 27 heavy (non-hydrogen) atoms. The molecule has 2 unspecified atom stereocenters. The lowest BCUT2D eigenvalue weighted by atomic mass is 9.86. The Morgan fingerprint density at radius 1 is 1.48 bits per heavy atom. The highest BCUT2D eigenvalue weighted by molar-refractivity contribution is 5.99. The van der Waals surface area contributed by atoms with Crippen LogP contribution in [-0.4, -0.2) is 32.6 Å². The first-order valence-electron chi connectivity index (χ1n) is 8.12. The molecule has 9 heteroatoms. The fraction of sp³-hybridized carbons (Fsp3) is 0.278. The van der Waals surface area contributed by atoms with Gasteiger partial charge in [0.1, 0.15) is 29.3 Å². The lowest BCUT2D eigenvalue weighted by Gasteiger charge is -2.40. The predicted molar refractivity (Wildman–Crippen MR) is 96.1 cm³/mol. The Labute approximate surface area is 155 Å². The van der Waals surface area contributed by atoms with Gasteiger partial charge in [-0.15, -0.1) is 0 Å². The summed E-state index contributed by atoms with van der Waals surface area (Å²) in [4.78, 5) is 19.1. The van der Waals surface area contributed by atoms with Crippen LogP contribution in [-0.2, 0) is 0 Å². The van der Waals surface area contributed by atoms with Crippen LogP contribution in [0.5, 0.6) is 5.75 Å². The number of nitrogens with zero attached hydrogens (tertiary/aromatic N) is 4. The molecule has 0 bridgehead atoms. The van der Waals surface area contributed by atoms with Gasteiger partial charge in [0.05, 0.1) is 4.92 Å². The average Bonchev–Trinajstić information content (AvgIpc) is 2.64. The maximum atomic E-state index is 11.2. The van der Waals surface area contributed by atoms with Crippen LogP contribution in [0.3, 0.4) is 0 Å². The summed E-state index contributed by atoms with van der Waals surface area (Å²) < 4.78 is 5.80.